The van der Waals surface area contributed by atoms with E-state index in [9.17, 15) is 9.59 Å². The second-order valence-corrected chi connectivity index (χ2v) is 9.32. The maximum absolute atomic E-state index is 11.6. The Morgan fingerprint density at radius 1 is 1.37 bits per heavy atom. The van der Waals surface area contributed by atoms with Crippen LogP contribution in [0.4, 0.5) is 0 Å². The van der Waals surface area contributed by atoms with Crippen LogP contribution < -0.4 is 29.9 Å². The van der Waals surface area contributed by atoms with E-state index < -0.39 is 6.04 Å². The van der Waals surface area contributed by atoms with Crippen molar-refractivity contribution in [2.45, 2.75) is 52.0 Å². The molecule has 0 bridgehead atoms. The molecule has 0 aliphatic heterocycles. The molecule has 0 aliphatic carbocycles. The van der Waals surface area contributed by atoms with Gasteiger partial charge in [-0.05, 0) is 23.5 Å². The fourth-order valence-corrected chi connectivity index (χ4v) is 2.95. The maximum Gasteiger partial charge on any atom is 1.00 e. The van der Waals surface area contributed by atoms with Crippen molar-refractivity contribution in [2.75, 3.05) is 0 Å². The van der Waals surface area contributed by atoms with Crippen LogP contribution in [0, 0.1) is 25.7 Å². The molecule has 0 fully saturated rings. The summed E-state index contributed by atoms with van der Waals surface area (Å²) in [5, 5.41) is 2.81. The summed E-state index contributed by atoms with van der Waals surface area (Å²) in [6, 6.07) is 7.72. The van der Waals surface area contributed by atoms with Crippen molar-refractivity contribution in [1.82, 2.24) is 10.3 Å². The van der Waals surface area contributed by atoms with Crippen LogP contribution in [0.25, 0.3) is 10.4 Å². The van der Waals surface area contributed by atoms with Crippen LogP contribution in [-0.4, -0.2) is 28.5 Å². The van der Waals surface area contributed by atoms with Gasteiger partial charge in [-0.1, -0.05) is 51.1 Å². The third-order valence-corrected chi connectivity index (χ3v) is 5.25. The van der Waals surface area contributed by atoms with E-state index in [4.69, 9.17) is 5.73 Å². The van der Waals surface area contributed by atoms with Gasteiger partial charge < -0.3 is 34.0 Å². The van der Waals surface area contributed by atoms with Crippen molar-refractivity contribution in [2.24, 2.45) is 11.1 Å². The minimum atomic E-state index is -0.456. The van der Waals surface area contributed by atoms with E-state index in [2.05, 4.69) is 42.0 Å². The summed E-state index contributed by atoms with van der Waals surface area (Å²) >= 11 is 5.77. The Kier molecular flexibility index (Phi) is 13.4. The Balaban J connectivity index is 0.000000801. The molecule has 1 amide bonds. The van der Waals surface area contributed by atoms with Gasteiger partial charge in [-0.3, -0.25) is 0 Å². The number of hydrogen-bond donors (Lipinski definition) is 3. The molecule has 3 N–H and O–H groups in total. The normalized spacial score (nSPS) is 12.5. The molecule has 2 rings (SSSR count). The van der Waals surface area contributed by atoms with Crippen molar-refractivity contribution in [3.63, 3.8) is 0 Å². The fourth-order valence-electron chi connectivity index (χ4n) is 2.03. The largest absolute Gasteiger partial charge is 1.00 e. The molecule has 2 aromatic rings. The van der Waals surface area contributed by atoms with Crippen molar-refractivity contribution in [1.29, 1.82) is 0 Å². The molecule has 1 aromatic heterocycles. The predicted molar refractivity (Wildman–Crippen MR) is 124 cm³/mol. The van der Waals surface area contributed by atoms with Gasteiger partial charge in [-0.25, -0.2) is 23.9 Å². The predicted octanol–water partition coefficient (Wildman–Crippen LogP) is 0.935. The summed E-state index contributed by atoms with van der Waals surface area (Å²) in [5.74, 6) is -0.0833. The topological polar surface area (TPSA) is 85.1 Å². The number of rotatable bonds is 7. The quantitative estimate of drug-likeness (QED) is 0.341. The minimum absolute atomic E-state index is 0. The first-order chi connectivity index (χ1) is 13.5. The molecule has 160 valence electrons. The van der Waals surface area contributed by atoms with Crippen molar-refractivity contribution in [3.8, 4) is 10.4 Å². The number of thiol groups is 1. The Morgan fingerprint density at radius 2 is 1.97 bits per heavy atom. The molecule has 0 unspecified atom stereocenters. The number of amides is 1. The van der Waals surface area contributed by atoms with E-state index >= 15 is 0 Å². The summed E-state index contributed by atoms with van der Waals surface area (Å²) in [6.45, 7) is 12.0. The van der Waals surface area contributed by atoms with Gasteiger partial charge in [0.25, 0.3) is 0 Å². The molecule has 0 aliphatic rings. The molecule has 2 atom stereocenters. The van der Waals surface area contributed by atoms with Gasteiger partial charge in [0.1, 0.15) is 0 Å². The summed E-state index contributed by atoms with van der Waals surface area (Å²) in [4.78, 5) is 26.9. The average molecular weight is 440 g/mol. The van der Waals surface area contributed by atoms with Crippen molar-refractivity contribution in [3.05, 3.63) is 54.4 Å². The first-order valence-electron chi connectivity index (χ1n) is 9.29. The number of carbonyl (C=O) groups excluding carboxylic acids is 2. The van der Waals surface area contributed by atoms with Gasteiger partial charge in [-0.15, -0.1) is 16.6 Å². The molecule has 1 aromatic carbocycles. The van der Waals surface area contributed by atoms with Gasteiger partial charge in [0.05, 0.1) is 22.0 Å². The summed E-state index contributed by atoms with van der Waals surface area (Å²) in [7, 11) is 0. The zero-order valence-corrected chi connectivity index (χ0v) is 20.1. The standard InChI is InChI=1S/C16H18N2OS2.C6H12NO.Li/c1-11(20)3-8-15(19)17-9-13-4-6-14(7-5-13)16-12(2)18-10-21-16;1-6(2,3)5(7)4-8;/h4-8,10-11,20H,1,3,9H2,2H3,(H,17,19);5H,7H2,1-3H3;/q-2;-1;+1/t11-;5-;/m01./s1. The van der Waals surface area contributed by atoms with Crippen molar-refractivity contribution < 1.29 is 28.4 Å². The van der Waals surface area contributed by atoms with Gasteiger partial charge in [0, 0.05) is 6.54 Å². The number of carbonyl (C=O) groups is 1. The zero-order chi connectivity index (χ0) is 22.0. The van der Waals surface area contributed by atoms with E-state index in [1.165, 1.54) is 4.88 Å². The number of nitrogens with one attached hydrogen (secondary N) is 1. The second kappa shape index (κ2) is 13.9. The first kappa shape index (κ1) is 28.8. The van der Waals surface area contributed by atoms with Crippen LogP contribution in [0.1, 0.15) is 38.4 Å². The second-order valence-electron chi connectivity index (χ2n) is 7.74. The van der Waals surface area contributed by atoms with E-state index in [0.717, 1.165) is 16.8 Å². The number of nitrogens with two attached hydrogens (primary N) is 1. The van der Waals surface area contributed by atoms with Crippen molar-refractivity contribution >= 4 is 36.2 Å². The number of benzene rings is 1. The number of aromatic nitrogens is 1. The maximum atomic E-state index is 11.6. The molecule has 30 heavy (non-hydrogen) atoms. The van der Waals surface area contributed by atoms with Crippen LogP contribution in [0.3, 0.4) is 0 Å². The molecular formula is C22H30LiN3O2S2-2. The van der Waals surface area contributed by atoms with E-state index in [0.29, 0.717) is 13.0 Å². The molecule has 0 saturated carbocycles. The Morgan fingerprint density at radius 3 is 2.37 bits per heavy atom. The fraction of sp³-hybridized carbons (Fsp3) is 0.409. The summed E-state index contributed by atoms with van der Waals surface area (Å²) in [6.07, 6.45) is 3.88. The summed E-state index contributed by atoms with van der Waals surface area (Å²) < 4.78 is 0. The van der Waals surface area contributed by atoms with Gasteiger partial charge in [0.15, 0.2) is 0 Å². The third kappa shape index (κ3) is 10.7. The number of hydrogen-bond acceptors (Lipinski definition) is 6. The number of aryl methyl sites for hydroxylation is 1. The molecule has 0 saturated heterocycles. The smallest absolute Gasteiger partial charge is 0.540 e. The van der Waals surface area contributed by atoms with Crippen LogP contribution >= 0.6 is 24.0 Å². The molecule has 5 nitrogen and oxygen atoms in total. The number of thiazole rings is 1. The van der Waals surface area contributed by atoms with Gasteiger partial charge in [0.2, 0.25) is 0 Å². The van der Waals surface area contributed by atoms with Gasteiger partial charge >= 0.3 is 18.9 Å². The molecule has 1 heterocycles. The van der Waals surface area contributed by atoms with E-state index in [1.807, 2.05) is 45.3 Å². The molecule has 8 heteroatoms. The van der Waals surface area contributed by atoms with Crippen LogP contribution in [0.15, 0.2) is 29.8 Å². The monoisotopic (exact) mass is 439 g/mol. The minimum Gasteiger partial charge on any atom is -0.540 e. The van der Waals surface area contributed by atoms with E-state index in [1.54, 1.807) is 24.0 Å². The first-order valence-corrected chi connectivity index (χ1v) is 10.7. The van der Waals surface area contributed by atoms with Crippen LogP contribution in [-0.2, 0) is 16.1 Å². The van der Waals surface area contributed by atoms with Gasteiger partial charge in [-0.2, -0.15) is 6.42 Å². The Hall–Kier alpha value is -1.23. The van der Waals surface area contributed by atoms with E-state index in [-0.39, 0.29) is 35.4 Å². The molecule has 0 spiro atoms. The van der Waals surface area contributed by atoms with Crippen LogP contribution in [0.5, 0.6) is 0 Å². The van der Waals surface area contributed by atoms with Crippen LogP contribution in [0.2, 0.25) is 0 Å². The third-order valence-electron chi connectivity index (χ3n) is 4.06. The Labute approximate surface area is 202 Å². The Bertz CT molecular complexity index is 771. The SMILES string of the molecule is CC(C)(C)[C@H](N)[C-]=O.[CH2-][C@H](S)C[CH-]C(=O)NCc1ccc(-c2scnc2C)cc1.[Li+]. The summed E-state index contributed by atoms with van der Waals surface area (Å²) in [5.41, 5.74) is 10.3. The molecular weight excluding hydrogens is 409 g/mol. The average Bonchev–Trinajstić information content (AvgIpc) is 3.10. The molecule has 0 radical (unpaired) electrons. The number of nitrogens with zero attached hydrogens (tertiary/aromatic N) is 1. The zero-order valence-electron chi connectivity index (χ0n) is 18.4.